The zero-order chi connectivity index (χ0) is 12.2. The van der Waals surface area contributed by atoms with E-state index in [-0.39, 0.29) is 11.3 Å². The molecular formula is C13H25NOS. The highest BCUT2D eigenvalue weighted by Gasteiger charge is 2.42. The Morgan fingerprint density at radius 2 is 2.06 bits per heavy atom. The summed E-state index contributed by atoms with van der Waals surface area (Å²) in [4.78, 5) is 11.8. The minimum atomic E-state index is 0.211. The quantitative estimate of drug-likeness (QED) is 0.661. The number of nitrogens with one attached hydrogen (secondary N) is 1. The average Bonchev–Trinajstić information content (AvgIpc) is 2.97. The van der Waals surface area contributed by atoms with Gasteiger partial charge in [0.1, 0.15) is 0 Å². The predicted molar refractivity (Wildman–Crippen MR) is 71.8 cm³/mol. The highest BCUT2D eigenvalue weighted by atomic mass is 32.1. The topological polar surface area (TPSA) is 29.1 Å². The molecular weight excluding hydrogens is 218 g/mol. The van der Waals surface area contributed by atoms with Gasteiger partial charge >= 0.3 is 0 Å². The van der Waals surface area contributed by atoms with Crippen molar-refractivity contribution in [2.24, 2.45) is 11.3 Å². The third-order valence-corrected chi connectivity index (χ3v) is 4.36. The van der Waals surface area contributed by atoms with E-state index < -0.39 is 0 Å². The Bertz CT molecular complexity index is 238. The zero-order valence-corrected chi connectivity index (χ0v) is 11.6. The van der Waals surface area contributed by atoms with E-state index in [0.717, 1.165) is 12.2 Å². The smallest absolute Gasteiger partial charge is 0.220 e. The van der Waals surface area contributed by atoms with Crippen LogP contribution in [-0.4, -0.2) is 17.7 Å². The first-order valence-corrected chi connectivity index (χ1v) is 7.05. The molecule has 1 N–H and O–H groups in total. The van der Waals surface area contributed by atoms with E-state index in [1.807, 2.05) is 0 Å². The van der Waals surface area contributed by atoms with E-state index in [9.17, 15) is 4.79 Å². The molecule has 0 heterocycles. The van der Waals surface area contributed by atoms with Crippen molar-refractivity contribution in [3.05, 3.63) is 0 Å². The third kappa shape index (κ3) is 4.36. The van der Waals surface area contributed by atoms with E-state index in [2.05, 4.69) is 38.7 Å². The second kappa shape index (κ2) is 5.95. The fourth-order valence-corrected chi connectivity index (χ4v) is 2.49. The molecule has 0 bridgehead atoms. The van der Waals surface area contributed by atoms with Crippen molar-refractivity contribution in [1.29, 1.82) is 0 Å². The summed E-state index contributed by atoms with van der Waals surface area (Å²) < 4.78 is 0. The van der Waals surface area contributed by atoms with E-state index in [1.165, 1.54) is 19.3 Å². The lowest BCUT2D eigenvalue weighted by Crippen LogP contribution is -2.35. The van der Waals surface area contributed by atoms with Gasteiger partial charge < -0.3 is 5.32 Å². The number of carbonyl (C=O) groups is 1. The molecule has 16 heavy (non-hydrogen) atoms. The van der Waals surface area contributed by atoms with Crippen LogP contribution in [0.25, 0.3) is 0 Å². The zero-order valence-electron chi connectivity index (χ0n) is 10.8. The van der Waals surface area contributed by atoms with Crippen LogP contribution in [0.2, 0.25) is 0 Å². The molecule has 0 radical (unpaired) electrons. The molecule has 0 aromatic carbocycles. The molecule has 1 aliphatic carbocycles. The second-order valence-electron chi connectivity index (χ2n) is 5.55. The van der Waals surface area contributed by atoms with E-state index in [4.69, 9.17) is 0 Å². The van der Waals surface area contributed by atoms with Crippen molar-refractivity contribution in [1.82, 2.24) is 5.32 Å². The molecule has 2 nitrogen and oxygen atoms in total. The Morgan fingerprint density at radius 3 is 2.50 bits per heavy atom. The summed E-state index contributed by atoms with van der Waals surface area (Å²) in [6.45, 7) is 6.53. The van der Waals surface area contributed by atoms with Crippen LogP contribution in [0, 0.1) is 11.3 Å². The lowest BCUT2D eigenvalue weighted by Gasteiger charge is -2.19. The lowest BCUT2D eigenvalue weighted by molar-refractivity contribution is -0.122. The van der Waals surface area contributed by atoms with Gasteiger partial charge in [0.25, 0.3) is 0 Å². The first-order chi connectivity index (χ1) is 7.51. The number of thiol groups is 1. The van der Waals surface area contributed by atoms with Gasteiger partial charge in [-0.3, -0.25) is 4.79 Å². The average molecular weight is 243 g/mol. The fraction of sp³-hybridized carbons (Fsp3) is 0.923. The summed E-state index contributed by atoms with van der Waals surface area (Å²) in [5.41, 5.74) is 0.239. The van der Waals surface area contributed by atoms with Crippen LogP contribution in [0.3, 0.4) is 0 Å². The largest absolute Gasteiger partial charge is 0.354 e. The maximum absolute atomic E-state index is 11.8. The monoisotopic (exact) mass is 243 g/mol. The van der Waals surface area contributed by atoms with Crippen LogP contribution in [-0.2, 0) is 4.79 Å². The van der Waals surface area contributed by atoms with Crippen LogP contribution < -0.4 is 5.32 Å². The van der Waals surface area contributed by atoms with Gasteiger partial charge in [0.2, 0.25) is 5.91 Å². The maximum Gasteiger partial charge on any atom is 0.220 e. The van der Waals surface area contributed by atoms with Gasteiger partial charge in [-0.05, 0) is 43.3 Å². The van der Waals surface area contributed by atoms with Crippen LogP contribution in [0.1, 0.15) is 52.9 Å². The van der Waals surface area contributed by atoms with Gasteiger partial charge in [-0.1, -0.05) is 20.3 Å². The van der Waals surface area contributed by atoms with Crippen molar-refractivity contribution in [2.75, 3.05) is 5.75 Å². The standard InChI is InChI=1S/C13H25NOS/c1-4-10(2)7-11(3)14-12(15)8-13(9-16)5-6-13/h10-11,16H,4-9H2,1-3H3,(H,14,15). The molecule has 1 aliphatic rings. The Hall–Kier alpha value is -0.180. The summed E-state index contributed by atoms with van der Waals surface area (Å²) in [7, 11) is 0. The SMILES string of the molecule is CCC(C)CC(C)NC(=O)CC1(CS)CC1. The molecule has 0 spiro atoms. The maximum atomic E-state index is 11.8. The molecule has 0 aliphatic heterocycles. The molecule has 1 rings (SSSR count). The fourth-order valence-electron chi connectivity index (χ4n) is 2.06. The minimum Gasteiger partial charge on any atom is -0.354 e. The third-order valence-electron chi connectivity index (χ3n) is 3.69. The van der Waals surface area contributed by atoms with Gasteiger partial charge in [0.05, 0.1) is 0 Å². The summed E-state index contributed by atoms with van der Waals surface area (Å²) in [6, 6.07) is 0.304. The number of amides is 1. The van der Waals surface area contributed by atoms with Crippen molar-refractivity contribution in [3.8, 4) is 0 Å². The van der Waals surface area contributed by atoms with Crippen molar-refractivity contribution < 1.29 is 4.79 Å². The van der Waals surface area contributed by atoms with Crippen LogP contribution in [0.4, 0.5) is 0 Å². The van der Waals surface area contributed by atoms with Crippen LogP contribution in [0.15, 0.2) is 0 Å². The second-order valence-corrected chi connectivity index (χ2v) is 5.87. The van der Waals surface area contributed by atoms with Gasteiger partial charge in [-0.2, -0.15) is 12.6 Å². The first-order valence-electron chi connectivity index (χ1n) is 6.41. The molecule has 1 amide bonds. The molecule has 3 heteroatoms. The first kappa shape index (κ1) is 13.9. The van der Waals surface area contributed by atoms with Gasteiger partial charge in [0, 0.05) is 12.5 Å². The molecule has 0 aromatic heterocycles. The number of rotatable bonds is 7. The minimum absolute atomic E-state index is 0.211. The van der Waals surface area contributed by atoms with Crippen LogP contribution in [0.5, 0.6) is 0 Å². The molecule has 0 aromatic rings. The van der Waals surface area contributed by atoms with Gasteiger partial charge in [0.15, 0.2) is 0 Å². The van der Waals surface area contributed by atoms with E-state index >= 15 is 0 Å². The summed E-state index contributed by atoms with van der Waals surface area (Å²) >= 11 is 4.32. The Morgan fingerprint density at radius 1 is 1.44 bits per heavy atom. The van der Waals surface area contributed by atoms with Gasteiger partial charge in [-0.25, -0.2) is 0 Å². The number of carbonyl (C=O) groups excluding carboxylic acids is 1. The summed E-state index contributed by atoms with van der Waals surface area (Å²) in [5, 5.41) is 3.10. The van der Waals surface area contributed by atoms with Crippen molar-refractivity contribution >= 4 is 18.5 Å². The molecule has 2 unspecified atom stereocenters. The normalized spacial score (nSPS) is 21.2. The molecule has 1 fully saturated rings. The Balaban J connectivity index is 2.23. The highest BCUT2D eigenvalue weighted by molar-refractivity contribution is 7.80. The Labute approximate surface area is 105 Å². The highest BCUT2D eigenvalue weighted by Crippen LogP contribution is 2.49. The van der Waals surface area contributed by atoms with Crippen molar-refractivity contribution in [3.63, 3.8) is 0 Å². The lowest BCUT2D eigenvalue weighted by atomic mass is 9.99. The Kier molecular flexibility index (Phi) is 5.16. The van der Waals surface area contributed by atoms with Gasteiger partial charge in [-0.15, -0.1) is 0 Å². The van der Waals surface area contributed by atoms with Crippen LogP contribution >= 0.6 is 12.6 Å². The van der Waals surface area contributed by atoms with E-state index in [1.54, 1.807) is 0 Å². The molecule has 1 saturated carbocycles. The summed E-state index contributed by atoms with van der Waals surface area (Å²) in [5.74, 6) is 1.75. The molecule has 2 atom stereocenters. The predicted octanol–water partition coefficient (Wildman–Crippen LogP) is 3.03. The number of hydrogen-bond donors (Lipinski definition) is 2. The molecule has 94 valence electrons. The van der Waals surface area contributed by atoms with Crippen molar-refractivity contribution in [2.45, 2.75) is 58.9 Å². The number of hydrogen-bond acceptors (Lipinski definition) is 2. The summed E-state index contributed by atoms with van der Waals surface area (Å²) in [6.07, 6.45) is 5.27. The van der Waals surface area contributed by atoms with E-state index in [0.29, 0.717) is 18.4 Å². The molecule has 0 saturated heterocycles.